The van der Waals surface area contributed by atoms with Gasteiger partial charge in [0.15, 0.2) is 5.78 Å². The van der Waals surface area contributed by atoms with Gasteiger partial charge in [0.2, 0.25) is 0 Å². The molecular weight excluding hydrogens is 230 g/mol. The molecule has 1 aromatic heterocycles. The van der Waals surface area contributed by atoms with Crippen molar-refractivity contribution in [2.24, 2.45) is 0 Å². The van der Waals surface area contributed by atoms with Crippen LogP contribution in [0.4, 0.5) is 0 Å². The highest BCUT2D eigenvalue weighted by Gasteiger charge is 2.38. The number of carbonyl (C=O) groups is 1. The first kappa shape index (κ1) is 12.8. The molecular formula is C14H21NOS. The molecule has 0 radical (unpaired) electrons. The number of hydrogen-bond acceptors (Lipinski definition) is 3. The SMILES string of the molecule is CCCC1(C(=O)CCc2ccsc2)CCCN1. The van der Waals surface area contributed by atoms with Gasteiger partial charge in [-0.2, -0.15) is 11.3 Å². The number of thiophene rings is 1. The molecule has 94 valence electrons. The van der Waals surface area contributed by atoms with Crippen LogP contribution in [0.1, 0.15) is 44.6 Å². The van der Waals surface area contributed by atoms with Crippen LogP contribution in [0.3, 0.4) is 0 Å². The summed E-state index contributed by atoms with van der Waals surface area (Å²) in [5.41, 5.74) is 1.11. The van der Waals surface area contributed by atoms with Crippen LogP contribution in [0.15, 0.2) is 16.8 Å². The van der Waals surface area contributed by atoms with Crippen molar-refractivity contribution < 1.29 is 4.79 Å². The molecule has 0 aliphatic carbocycles. The van der Waals surface area contributed by atoms with Gasteiger partial charge in [-0.1, -0.05) is 13.3 Å². The zero-order chi connectivity index (χ0) is 12.1. The topological polar surface area (TPSA) is 29.1 Å². The van der Waals surface area contributed by atoms with Gasteiger partial charge in [0.25, 0.3) is 0 Å². The van der Waals surface area contributed by atoms with Crippen molar-refractivity contribution >= 4 is 17.1 Å². The lowest BCUT2D eigenvalue weighted by Gasteiger charge is -2.27. The normalized spacial score (nSPS) is 24.1. The molecule has 2 nitrogen and oxygen atoms in total. The second-order valence-electron chi connectivity index (χ2n) is 4.92. The number of rotatable bonds is 6. The fourth-order valence-electron chi connectivity index (χ4n) is 2.76. The summed E-state index contributed by atoms with van der Waals surface area (Å²) in [6.07, 6.45) is 5.83. The first-order valence-corrected chi connectivity index (χ1v) is 7.50. The van der Waals surface area contributed by atoms with Crippen LogP contribution in [-0.4, -0.2) is 17.9 Å². The van der Waals surface area contributed by atoms with E-state index >= 15 is 0 Å². The average molecular weight is 251 g/mol. The Morgan fingerprint density at radius 3 is 3.06 bits per heavy atom. The standard InChI is InChI=1S/C14H21NOS/c1-2-7-14(8-3-9-15-14)13(16)5-4-12-6-10-17-11-12/h6,10-11,15H,2-5,7-9H2,1H3. The van der Waals surface area contributed by atoms with Crippen molar-refractivity contribution in [3.05, 3.63) is 22.4 Å². The number of Topliss-reactive ketones (excluding diaryl/α,β-unsaturated/α-hetero) is 1. The second kappa shape index (κ2) is 5.78. The molecule has 1 N–H and O–H groups in total. The lowest BCUT2D eigenvalue weighted by molar-refractivity contribution is -0.125. The van der Waals surface area contributed by atoms with E-state index in [1.54, 1.807) is 11.3 Å². The maximum absolute atomic E-state index is 12.4. The first-order chi connectivity index (χ1) is 8.27. The summed E-state index contributed by atoms with van der Waals surface area (Å²) in [7, 11) is 0. The highest BCUT2D eigenvalue weighted by molar-refractivity contribution is 7.07. The van der Waals surface area contributed by atoms with Gasteiger partial charge in [-0.25, -0.2) is 0 Å². The molecule has 0 spiro atoms. The minimum absolute atomic E-state index is 0.190. The maximum atomic E-state index is 12.4. The van der Waals surface area contributed by atoms with Gasteiger partial charge >= 0.3 is 0 Å². The Hall–Kier alpha value is -0.670. The van der Waals surface area contributed by atoms with Crippen LogP contribution in [0.2, 0.25) is 0 Å². The molecule has 0 saturated carbocycles. The number of nitrogens with one attached hydrogen (secondary N) is 1. The van der Waals surface area contributed by atoms with E-state index < -0.39 is 0 Å². The van der Waals surface area contributed by atoms with Crippen molar-refractivity contribution in [1.29, 1.82) is 0 Å². The van der Waals surface area contributed by atoms with Crippen LogP contribution in [-0.2, 0) is 11.2 Å². The fraction of sp³-hybridized carbons (Fsp3) is 0.643. The molecule has 1 aliphatic rings. The van der Waals surface area contributed by atoms with Crippen LogP contribution in [0, 0.1) is 0 Å². The smallest absolute Gasteiger partial charge is 0.153 e. The molecule has 1 unspecified atom stereocenters. The van der Waals surface area contributed by atoms with Crippen molar-refractivity contribution in [3.63, 3.8) is 0 Å². The van der Waals surface area contributed by atoms with Crippen molar-refractivity contribution in [2.75, 3.05) is 6.54 Å². The maximum Gasteiger partial charge on any atom is 0.153 e. The summed E-state index contributed by atoms with van der Waals surface area (Å²) >= 11 is 1.71. The molecule has 1 fully saturated rings. The van der Waals surface area contributed by atoms with Crippen LogP contribution >= 0.6 is 11.3 Å². The van der Waals surface area contributed by atoms with Gasteiger partial charge in [0.05, 0.1) is 5.54 Å². The Morgan fingerprint density at radius 1 is 1.59 bits per heavy atom. The Kier molecular flexibility index (Phi) is 4.35. The number of hydrogen-bond donors (Lipinski definition) is 1. The summed E-state index contributed by atoms with van der Waals surface area (Å²) in [5, 5.41) is 7.67. The molecule has 1 aliphatic heterocycles. The third kappa shape index (κ3) is 2.96. The highest BCUT2D eigenvalue weighted by atomic mass is 32.1. The molecule has 17 heavy (non-hydrogen) atoms. The molecule has 0 amide bonds. The van der Waals surface area contributed by atoms with Gasteiger partial charge in [-0.3, -0.25) is 4.79 Å². The zero-order valence-electron chi connectivity index (χ0n) is 10.5. The molecule has 1 aromatic rings. The van der Waals surface area contributed by atoms with E-state index in [0.717, 1.165) is 38.6 Å². The molecule has 0 aromatic carbocycles. The van der Waals surface area contributed by atoms with Gasteiger partial charge < -0.3 is 5.32 Å². The molecule has 3 heteroatoms. The van der Waals surface area contributed by atoms with Crippen LogP contribution in [0.25, 0.3) is 0 Å². The van der Waals surface area contributed by atoms with Crippen LogP contribution < -0.4 is 5.32 Å². The molecule has 2 heterocycles. The predicted molar refractivity (Wildman–Crippen MR) is 72.5 cm³/mol. The number of aryl methyl sites for hydroxylation is 1. The van der Waals surface area contributed by atoms with Gasteiger partial charge in [0, 0.05) is 6.42 Å². The molecule has 0 bridgehead atoms. The minimum Gasteiger partial charge on any atom is -0.305 e. The van der Waals surface area contributed by atoms with E-state index in [9.17, 15) is 4.79 Å². The number of carbonyl (C=O) groups excluding carboxylic acids is 1. The van der Waals surface area contributed by atoms with E-state index in [1.807, 2.05) is 0 Å². The Morgan fingerprint density at radius 2 is 2.47 bits per heavy atom. The Balaban J connectivity index is 1.92. The Bertz CT molecular complexity index is 352. The van der Waals surface area contributed by atoms with Crippen LogP contribution in [0.5, 0.6) is 0 Å². The minimum atomic E-state index is -0.190. The largest absolute Gasteiger partial charge is 0.305 e. The first-order valence-electron chi connectivity index (χ1n) is 6.56. The second-order valence-corrected chi connectivity index (χ2v) is 5.70. The van der Waals surface area contributed by atoms with E-state index in [0.29, 0.717) is 12.2 Å². The van der Waals surface area contributed by atoms with Gasteiger partial charge in [-0.15, -0.1) is 0 Å². The van der Waals surface area contributed by atoms with Crippen molar-refractivity contribution in [1.82, 2.24) is 5.32 Å². The van der Waals surface area contributed by atoms with E-state index in [2.05, 4.69) is 29.1 Å². The third-order valence-electron chi connectivity index (χ3n) is 3.68. The lowest BCUT2D eigenvalue weighted by atomic mass is 9.85. The lowest BCUT2D eigenvalue weighted by Crippen LogP contribution is -2.47. The fourth-order valence-corrected chi connectivity index (χ4v) is 3.46. The van der Waals surface area contributed by atoms with E-state index in [-0.39, 0.29) is 5.54 Å². The molecule has 2 rings (SSSR count). The van der Waals surface area contributed by atoms with Gasteiger partial charge in [0.1, 0.15) is 0 Å². The average Bonchev–Trinajstić information content (AvgIpc) is 2.97. The monoisotopic (exact) mass is 251 g/mol. The summed E-state index contributed by atoms with van der Waals surface area (Å²) in [6, 6.07) is 2.12. The highest BCUT2D eigenvalue weighted by Crippen LogP contribution is 2.27. The Labute approximate surface area is 107 Å². The van der Waals surface area contributed by atoms with Crippen molar-refractivity contribution in [3.8, 4) is 0 Å². The summed E-state index contributed by atoms with van der Waals surface area (Å²) in [5.74, 6) is 0.419. The summed E-state index contributed by atoms with van der Waals surface area (Å²) in [6.45, 7) is 3.16. The third-order valence-corrected chi connectivity index (χ3v) is 4.41. The molecule has 1 atom stereocenters. The van der Waals surface area contributed by atoms with E-state index in [1.165, 1.54) is 5.56 Å². The number of ketones is 1. The summed E-state index contributed by atoms with van der Waals surface area (Å²) in [4.78, 5) is 12.4. The molecule has 1 saturated heterocycles. The zero-order valence-corrected chi connectivity index (χ0v) is 11.3. The predicted octanol–water partition coefficient (Wildman–Crippen LogP) is 3.17. The quantitative estimate of drug-likeness (QED) is 0.841. The summed E-state index contributed by atoms with van der Waals surface area (Å²) < 4.78 is 0. The van der Waals surface area contributed by atoms with E-state index in [4.69, 9.17) is 0 Å². The van der Waals surface area contributed by atoms with Gasteiger partial charge in [-0.05, 0) is 54.6 Å². The van der Waals surface area contributed by atoms with Crippen molar-refractivity contribution in [2.45, 2.75) is 51.0 Å².